The van der Waals surface area contributed by atoms with Gasteiger partial charge in [-0.1, -0.05) is 11.8 Å². The van der Waals surface area contributed by atoms with E-state index < -0.39 is 41.0 Å². The highest BCUT2D eigenvalue weighted by Gasteiger charge is 2.58. The summed E-state index contributed by atoms with van der Waals surface area (Å²) in [5, 5.41) is 24.6. The second kappa shape index (κ2) is 11.5. The van der Waals surface area contributed by atoms with E-state index in [0.29, 0.717) is 34.1 Å². The second-order valence-corrected chi connectivity index (χ2v) is 9.96. The summed E-state index contributed by atoms with van der Waals surface area (Å²) in [6.45, 7) is -1.05. The number of rotatable bonds is 9. The molecule has 5 N–H and O–H groups in total. The number of benzene rings is 2. The molecule has 1 fully saturated rings. The van der Waals surface area contributed by atoms with Crippen molar-refractivity contribution in [2.75, 3.05) is 12.3 Å². The first kappa shape index (κ1) is 28.2. The Morgan fingerprint density at radius 3 is 2.41 bits per heavy atom. The Labute approximate surface area is 225 Å². The van der Waals surface area contributed by atoms with Crippen LogP contribution in [0.15, 0.2) is 65.9 Å². The number of aliphatic hydroxyl groups is 1. The smallest absolute Gasteiger partial charge is 0.323 e. The first-order valence-electron chi connectivity index (χ1n) is 11.7. The minimum atomic E-state index is -4.24. The molecule has 1 saturated carbocycles. The summed E-state index contributed by atoms with van der Waals surface area (Å²) in [6, 6.07) is 12.0. The normalized spacial score (nSPS) is 15.4. The fourth-order valence-electron chi connectivity index (χ4n) is 3.74. The third kappa shape index (κ3) is 6.25. The van der Waals surface area contributed by atoms with Gasteiger partial charge < -0.3 is 15.7 Å². The molecule has 204 valence electrons. The first-order chi connectivity index (χ1) is 18.6. The van der Waals surface area contributed by atoms with Gasteiger partial charge in [-0.15, -0.1) is 0 Å². The van der Waals surface area contributed by atoms with Crippen molar-refractivity contribution < 1.29 is 27.4 Å². The second-order valence-electron chi connectivity index (χ2n) is 8.97. The quantitative estimate of drug-likeness (QED) is 0.114. The number of nitrogens with two attached hydrogens (primary N) is 2. The van der Waals surface area contributed by atoms with E-state index in [2.05, 4.69) is 10.1 Å². The van der Waals surface area contributed by atoms with Crippen molar-refractivity contribution in [1.82, 2.24) is 9.99 Å². The third-order valence-electron chi connectivity index (χ3n) is 6.07. The lowest BCUT2D eigenvalue weighted by Gasteiger charge is -2.38. The molecule has 1 unspecified atom stereocenters. The van der Waals surface area contributed by atoms with Crippen molar-refractivity contribution in [3.8, 4) is 17.6 Å². The molecule has 8 nitrogen and oxygen atoms in total. The van der Waals surface area contributed by atoms with E-state index >= 15 is 8.78 Å². The van der Waals surface area contributed by atoms with Crippen LogP contribution in [0.2, 0.25) is 0 Å². The summed E-state index contributed by atoms with van der Waals surface area (Å²) in [7, 11) is 0. The molecule has 0 radical (unpaired) electrons. The predicted molar refractivity (Wildman–Crippen MR) is 137 cm³/mol. The van der Waals surface area contributed by atoms with Crippen molar-refractivity contribution in [2.24, 2.45) is 22.7 Å². The van der Waals surface area contributed by atoms with Crippen molar-refractivity contribution in [3.63, 3.8) is 0 Å². The van der Waals surface area contributed by atoms with E-state index in [1.165, 1.54) is 30.3 Å². The van der Waals surface area contributed by atoms with Crippen LogP contribution in [-0.2, 0) is 11.5 Å². The summed E-state index contributed by atoms with van der Waals surface area (Å²) in [6.07, 6.45) is 3.02. The van der Waals surface area contributed by atoms with E-state index in [1.54, 1.807) is 0 Å². The van der Waals surface area contributed by atoms with Gasteiger partial charge in [-0.2, -0.15) is 19.1 Å². The maximum absolute atomic E-state index is 16.1. The van der Waals surface area contributed by atoms with E-state index in [9.17, 15) is 13.9 Å². The topological polar surface area (TPSA) is 134 Å². The number of thioether (sulfide) groups is 1. The molecule has 4 rings (SSSR count). The summed E-state index contributed by atoms with van der Waals surface area (Å²) in [5.74, 6) is 6.18. The summed E-state index contributed by atoms with van der Waals surface area (Å²) in [5.41, 5.74) is -4.73. The van der Waals surface area contributed by atoms with Gasteiger partial charge in [0.05, 0.1) is 24.4 Å². The van der Waals surface area contributed by atoms with Crippen LogP contribution in [0.3, 0.4) is 0 Å². The molecule has 0 bridgehead atoms. The lowest BCUT2D eigenvalue weighted by atomic mass is 9.84. The predicted octanol–water partition coefficient (Wildman–Crippen LogP) is 4.55. The lowest BCUT2D eigenvalue weighted by molar-refractivity contribution is -0.204. The van der Waals surface area contributed by atoms with Gasteiger partial charge in [0.15, 0.2) is 10.8 Å². The zero-order valence-corrected chi connectivity index (χ0v) is 21.2. The van der Waals surface area contributed by atoms with E-state index in [1.807, 2.05) is 6.07 Å². The maximum atomic E-state index is 16.1. The van der Waals surface area contributed by atoms with Gasteiger partial charge in [0, 0.05) is 17.4 Å². The fraction of sp³-hybridized carbons (Fsp3) is 0.269. The molecule has 1 atom stereocenters. The molecule has 0 spiro atoms. The molecule has 0 saturated heterocycles. The molecule has 3 aromatic rings. The number of amidine groups is 1. The van der Waals surface area contributed by atoms with Crippen LogP contribution in [0.1, 0.15) is 29.7 Å². The minimum Gasteiger partial charge on any atom is -0.456 e. The molecule has 0 aliphatic heterocycles. The van der Waals surface area contributed by atoms with Crippen molar-refractivity contribution in [1.29, 1.82) is 5.26 Å². The van der Waals surface area contributed by atoms with Gasteiger partial charge >= 0.3 is 5.92 Å². The van der Waals surface area contributed by atoms with Gasteiger partial charge in [0.25, 0.3) is 0 Å². The molecule has 2 aromatic carbocycles. The number of nitriles is 1. The number of pyridine rings is 1. The van der Waals surface area contributed by atoms with Crippen LogP contribution >= 0.6 is 11.8 Å². The van der Waals surface area contributed by atoms with Crippen molar-refractivity contribution >= 4 is 16.9 Å². The number of halogens is 4. The van der Waals surface area contributed by atoms with E-state index in [4.69, 9.17) is 21.7 Å². The number of aromatic nitrogens is 1. The number of hydrogen-bond acceptors (Lipinski definition) is 8. The molecule has 13 heteroatoms. The van der Waals surface area contributed by atoms with Gasteiger partial charge in [0.2, 0.25) is 0 Å². The average molecular weight is 561 g/mol. The van der Waals surface area contributed by atoms with Crippen LogP contribution in [0.4, 0.5) is 17.6 Å². The molecule has 1 heterocycles. The van der Waals surface area contributed by atoms with E-state index in [0.717, 1.165) is 49.0 Å². The average Bonchev–Trinajstić information content (AvgIpc) is 3.74. The zero-order chi connectivity index (χ0) is 28.2. The molecular weight excluding hydrogens is 536 g/mol. The molecule has 1 aromatic heterocycles. The third-order valence-corrected chi connectivity index (χ3v) is 7.31. The zero-order valence-electron chi connectivity index (χ0n) is 20.4. The summed E-state index contributed by atoms with van der Waals surface area (Å²) in [4.78, 5) is 3.76. The number of hydrazine groups is 1. The Bertz CT molecular complexity index is 1380. The molecule has 0 amide bonds. The van der Waals surface area contributed by atoms with Crippen molar-refractivity contribution in [3.05, 3.63) is 89.2 Å². The number of ether oxygens (including phenoxy) is 1. The SMILES string of the molecule is N#Cc1ccc(Oc2ccc(C(F)(F)C(O)(CN(N)/C(=N\N)SCC3CC3)c3ccc(F)cc3F)nc2)cc1. The molecule has 1 aliphatic rings. The Kier molecular flexibility index (Phi) is 8.29. The van der Waals surface area contributed by atoms with Crippen LogP contribution in [0.5, 0.6) is 11.5 Å². The van der Waals surface area contributed by atoms with Crippen LogP contribution < -0.4 is 16.4 Å². The standard InChI is InChI=1S/C26H24F4N6O2S/c27-18-5-9-21(22(28)11-18)25(37,15-36(33)24(35-32)39-14-17-1-2-17)26(29,30)23-10-8-20(13-34-23)38-19-6-3-16(12-31)4-7-19/h3-11,13,17,37H,1-2,14-15,32-33H2/b35-24+. The maximum Gasteiger partial charge on any atom is 0.323 e. The Balaban J connectivity index is 1.64. The van der Waals surface area contributed by atoms with Gasteiger partial charge in [-0.05, 0) is 67.3 Å². The first-order valence-corrected chi connectivity index (χ1v) is 12.7. The Hall–Kier alpha value is -3.86. The van der Waals surface area contributed by atoms with Gasteiger partial charge in [-0.25, -0.2) is 14.6 Å². The lowest BCUT2D eigenvalue weighted by Crippen LogP contribution is -2.55. The number of hydrazone groups is 1. The number of hydrogen-bond donors (Lipinski definition) is 3. The monoisotopic (exact) mass is 560 g/mol. The summed E-state index contributed by atoms with van der Waals surface area (Å²) < 4.78 is 66.1. The Morgan fingerprint density at radius 2 is 1.85 bits per heavy atom. The van der Waals surface area contributed by atoms with Crippen molar-refractivity contribution in [2.45, 2.75) is 24.4 Å². The number of alkyl halides is 2. The Morgan fingerprint density at radius 1 is 1.15 bits per heavy atom. The molecule has 1 aliphatic carbocycles. The minimum absolute atomic E-state index is 0.0437. The van der Waals surface area contributed by atoms with Crippen LogP contribution in [0.25, 0.3) is 0 Å². The highest BCUT2D eigenvalue weighted by Crippen LogP contribution is 2.46. The summed E-state index contributed by atoms with van der Waals surface area (Å²) >= 11 is 1.12. The van der Waals surface area contributed by atoms with Gasteiger partial charge in [0.1, 0.15) is 28.8 Å². The number of nitrogens with zero attached hydrogens (tertiary/aromatic N) is 4. The highest BCUT2D eigenvalue weighted by atomic mass is 32.2. The largest absolute Gasteiger partial charge is 0.456 e. The fourth-order valence-corrected chi connectivity index (χ4v) is 4.76. The van der Waals surface area contributed by atoms with Crippen LogP contribution in [0, 0.1) is 28.9 Å². The highest BCUT2D eigenvalue weighted by molar-refractivity contribution is 8.13. The molecule has 39 heavy (non-hydrogen) atoms. The van der Waals surface area contributed by atoms with Crippen LogP contribution in [-0.4, -0.2) is 32.6 Å². The van der Waals surface area contributed by atoms with Gasteiger partial charge in [-0.3, -0.25) is 9.99 Å². The van der Waals surface area contributed by atoms with E-state index in [-0.39, 0.29) is 10.9 Å². The molecular formula is C26H24F4N6O2S.